The Morgan fingerprint density at radius 1 is 1.00 bits per heavy atom. The van der Waals surface area contributed by atoms with Crippen LogP contribution in [-0.2, 0) is 12.8 Å². The summed E-state index contributed by atoms with van der Waals surface area (Å²) in [5.74, 6) is 0.527. The van der Waals surface area contributed by atoms with Gasteiger partial charge in [-0.15, -0.1) is 0 Å². The quantitative estimate of drug-likeness (QED) is 0.787. The molecule has 4 nitrogen and oxygen atoms in total. The highest BCUT2D eigenvalue weighted by Crippen LogP contribution is 2.25. The zero-order chi connectivity index (χ0) is 14.9. The summed E-state index contributed by atoms with van der Waals surface area (Å²) in [6.07, 6.45) is 4.51. The lowest BCUT2D eigenvalue weighted by atomic mass is 10.1. The fourth-order valence-electron chi connectivity index (χ4n) is 2.98. The average molecular weight is 289 g/mol. The van der Waals surface area contributed by atoms with E-state index in [2.05, 4.69) is 15.3 Å². The predicted octanol–water partition coefficient (Wildman–Crippen LogP) is 3.37. The first kappa shape index (κ1) is 13.0. The smallest absolute Gasteiger partial charge is 0.256 e. The summed E-state index contributed by atoms with van der Waals surface area (Å²) in [6.45, 7) is 0. The Hall–Kier alpha value is -2.75. The number of amides is 1. The van der Waals surface area contributed by atoms with Gasteiger partial charge in [-0.25, -0.2) is 9.97 Å². The zero-order valence-corrected chi connectivity index (χ0v) is 12.0. The van der Waals surface area contributed by atoms with Gasteiger partial charge in [0, 0.05) is 16.8 Å². The summed E-state index contributed by atoms with van der Waals surface area (Å²) < 4.78 is 0. The van der Waals surface area contributed by atoms with Crippen LogP contribution in [0.1, 0.15) is 28.0 Å². The van der Waals surface area contributed by atoms with Gasteiger partial charge in [0.15, 0.2) is 0 Å². The molecule has 4 rings (SSSR count). The summed E-state index contributed by atoms with van der Waals surface area (Å²) in [7, 11) is 0. The molecule has 1 N–H and O–H groups in total. The number of hydrogen-bond acceptors (Lipinski definition) is 3. The molecule has 0 atom stereocenters. The highest BCUT2D eigenvalue weighted by atomic mass is 16.1. The van der Waals surface area contributed by atoms with Crippen molar-refractivity contribution in [2.24, 2.45) is 0 Å². The van der Waals surface area contributed by atoms with E-state index in [1.165, 1.54) is 6.33 Å². The lowest BCUT2D eigenvalue weighted by Crippen LogP contribution is -2.14. The van der Waals surface area contributed by atoms with E-state index in [0.717, 1.165) is 41.3 Å². The standard InChI is InChI=1S/C18H15N3O/c22-18(14-9-8-12-4-1-2-5-13(12)10-14)21-17-15-6-3-7-16(15)19-11-20-17/h1-2,4-5,8-11H,3,6-7H2,(H,19,20,21,22). The van der Waals surface area contributed by atoms with Crippen molar-refractivity contribution in [3.8, 4) is 0 Å². The van der Waals surface area contributed by atoms with Crippen molar-refractivity contribution in [1.29, 1.82) is 0 Å². The van der Waals surface area contributed by atoms with Crippen LogP contribution in [0.4, 0.5) is 5.82 Å². The predicted molar refractivity (Wildman–Crippen MR) is 86.0 cm³/mol. The minimum atomic E-state index is -0.126. The van der Waals surface area contributed by atoms with E-state index in [0.29, 0.717) is 11.4 Å². The molecule has 22 heavy (non-hydrogen) atoms. The van der Waals surface area contributed by atoms with E-state index in [1.54, 1.807) is 0 Å². The minimum absolute atomic E-state index is 0.126. The first-order chi connectivity index (χ1) is 10.8. The number of fused-ring (bicyclic) bond motifs is 2. The first-order valence-electron chi connectivity index (χ1n) is 7.44. The summed E-state index contributed by atoms with van der Waals surface area (Å²) >= 11 is 0. The molecular formula is C18H15N3O. The van der Waals surface area contributed by atoms with Crippen LogP contribution in [0.15, 0.2) is 48.8 Å². The fourth-order valence-corrected chi connectivity index (χ4v) is 2.98. The zero-order valence-electron chi connectivity index (χ0n) is 12.0. The molecule has 0 radical (unpaired) electrons. The van der Waals surface area contributed by atoms with Crippen molar-refractivity contribution in [2.45, 2.75) is 19.3 Å². The van der Waals surface area contributed by atoms with E-state index in [-0.39, 0.29) is 5.91 Å². The molecule has 0 aliphatic heterocycles. The fraction of sp³-hybridized carbons (Fsp3) is 0.167. The van der Waals surface area contributed by atoms with E-state index >= 15 is 0 Å². The van der Waals surface area contributed by atoms with Gasteiger partial charge in [-0.3, -0.25) is 4.79 Å². The molecule has 1 aromatic heterocycles. The summed E-state index contributed by atoms with van der Waals surface area (Å²) in [5.41, 5.74) is 2.78. The summed E-state index contributed by atoms with van der Waals surface area (Å²) in [4.78, 5) is 21.0. The van der Waals surface area contributed by atoms with Crippen LogP contribution in [0.2, 0.25) is 0 Å². The van der Waals surface area contributed by atoms with E-state index in [4.69, 9.17) is 0 Å². The number of rotatable bonds is 2. The van der Waals surface area contributed by atoms with Gasteiger partial charge in [-0.1, -0.05) is 30.3 Å². The molecule has 0 fully saturated rings. The molecule has 0 bridgehead atoms. The number of aryl methyl sites for hydroxylation is 1. The third-order valence-electron chi connectivity index (χ3n) is 4.12. The van der Waals surface area contributed by atoms with E-state index < -0.39 is 0 Å². The van der Waals surface area contributed by atoms with Crippen molar-refractivity contribution in [1.82, 2.24) is 9.97 Å². The van der Waals surface area contributed by atoms with Crippen LogP contribution >= 0.6 is 0 Å². The molecule has 108 valence electrons. The average Bonchev–Trinajstić information content (AvgIpc) is 3.04. The maximum absolute atomic E-state index is 12.5. The Bertz CT molecular complexity index is 873. The third kappa shape index (κ3) is 2.22. The number of carbonyl (C=O) groups is 1. The number of nitrogens with one attached hydrogen (secondary N) is 1. The first-order valence-corrected chi connectivity index (χ1v) is 7.44. The molecule has 4 heteroatoms. The molecule has 1 amide bonds. The van der Waals surface area contributed by atoms with Crippen LogP contribution in [0, 0.1) is 0 Å². The van der Waals surface area contributed by atoms with Crippen LogP contribution in [0.25, 0.3) is 10.8 Å². The molecule has 1 heterocycles. The van der Waals surface area contributed by atoms with E-state index in [9.17, 15) is 4.79 Å². The Morgan fingerprint density at radius 2 is 1.86 bits per heavy atom. The molecule has 1 aliphatic rings. The second-order valence-corrected chi connectivity index (χ2v) is 5.52. The summed E-state index contributed by atoms with van der Waals surface area (Å²) in [6, 6.07) is 13.7. The van der Waals surface area contributed by atoms with Gasteiger partial charge in [0.25, 0.3) is 5.91 Å². The van der Waals surface area contributed by atoms with Crippen molar-refractivity contribution in [2.75, 3.05) is 5.32 Å². The largest absolute Gasteiger partial charge is 0.306 e. The Labute approximate surface area is 128 Å². The van der Waals surface area contributed by atoms with Crippen LogP contribution in [-0.4, -0.2) is 15.9 Å². The van der Waals surface area contributed by atoms with Crippen molar-refractivity contribution >= 4 is 22.5 Å². The molecule has 1 aliphatic carbocycles. The van der Waals surface area contributed by atoms with Gasteiger partial charge in [-0.05, 0) is 42.2 Å². The second-order valence-electron chi connectivity index (χ2n) is 5.52. The maximum atomic E-state index is 12.5. The number of aromatic nitrogens is 2. The molecule has 0 spiro atoms. The Morgan fingerprint density at radius 3 is 2.77 bits per heavy atom. The van der Waals surface area contributed by atoms with Crippen molar-refractivity contribution in [3.05, 3.63) is 65.6 Å². The number of benzene rings is 2. The summed E-state index contributed by atoms with van der Waals surface area (Å²) in [5, 5.41) is 5.12. The van der Waals surface area contributed by atoms with Crippen LogP contribution < -0.4 is 5.32 Å². The van der Waals surface area contributed by atoms with Gasteiger partial charge >= 0.3 is 0 Å². The number of anilines is 1. The highest BCUT2D eigenvalue weighted by Gasteiger charge is 2.18. The van der Waals surface area contributed by atoms with Gasteiger partial charge in [0.2, 0.25) is 0 Å². The van der Waals surface area contributed by atoms with Crippen LogP contribution in [0.3, 0.4) is 0 Å². The Kier molecular flexibility index (Phi) is 3.07. The molecule has 2 aromatic carbocycles. The van der Waals surface area contributed by atoms with Gasteiger partial charge in [-0.2, -0.15) is 0 Å². The van der Waals surface area contributed by atoms with Crippen molar-refractivity contribution < 1.29 is 4.79 Å². The van der Waals surface area contributed by atoms with Gasteiger partial charge in [0.05, 0.1) is 0 Å². The van der Waals surface area contributed by atoms with E-state index in [1.807, 2.05) is 42.5 Å². The lowest BCUT2D eigenvalue weighted by molar-refractivity contribution is 0.102. The number of carbonyl (C=O) groups excluding carboxylic acids is 1. The monoisotopic (exact) mass is 289 g/mol. The molecule has 3 aromatic rings. The molecule has 0 saturated heterocycles. The highest BCUT2D eigenvalue weighted by molar-refractivity contribution is 6.06. The third-order valence-corrected chi connectivity index (χ3v) is 4.12. The topological polar surface area (TPSA) is 54.9 Å². The Balaban J connectivity index is 1.65. The van der Waals surface area contributed by atoms with Gasteiger partial charge < -0.3 is 5.32 Å². The number of hydrogen-bond donors (Lipinski definition) is 1. The van der Waals surface area contributed by atoms with Crippen LogP contribution in [0.5, 0.6) is 0 Å². The van der Waals surface area contributed by atoms with Crippen molar-refractivity contribution in [3.63, 3.8) is 0 Å². The number of nitrogens with zero attached hydrogens (tertiary/aromatic N) is 2. The minimum Gasteiger partial charge on any atom is -0.306 e. The molecular weight excluding hydrogens is 274 g/mol. The van der Waals surface area contributed by atoms with Gasteiger partial charge in [0.1, 0.15) is 12.1 Å². The molecule has 0 saturated carbocycles. The normalized spacial score (nSPS) is 13.1. The maximum Gasteiger partial charge on any atom is 0.256 e. The lowest BCUT2D eigenvalue weighted by Gasteiger charge is -2.09. The second kappa shape index (κ2) is 5.22. The SMILES string of the molecule is O=C(Nc1ncnc2c1CCC2)c1ccc2ccccc2c1. The molecule has 0 unspecified atom stereocenters.